The molecular weight excluding hydrogens is 241 g/mol. The average Bonchev–Trinajstić information content (AvgIpc) is 2.00. The number of amides is 1. The summed E-state index contributed by atoms with van der Waals surface area (Å²) in [5.74, 6) is -0.824. The van der Waals surface area contributed by atoms with Crippen molar-refractivity contribution in [2.45, 2.75) is 19.4 Å². The van der Waals surface area contributed by atoms with Gasteiger partial charge in [0.1, 0.15) is 11.3 Å². The Kier molecular flexibility index (Phi) is 3.18. The van der Waals surface area contributed by atoms with Crippen LogP contribution in [0.25, 0.3) is 0 Å². The third-order valence-electron chi connectivity index (χ3n) is 1.62. The minimum absolute atomic E-state index is 0.0577. The van der Waals surface area contributed by atoms with Crippen LogP contribution in [0.3, 0.4) is 0 Å². The number of hydrogen-bond donors (Lipinski definition) is 2. The minimum atomic E-state index is -1.32. The van der Waals surface area contributed by atoms with Crippen molar-refractivity contribution in [1.29, 1.82) is 0 Å². The molecule has 3 N–H and O–H groups in total. The predicted molar refractivity (Wildman–Crippen MR) is 55.8 cm³/mol. The van der Waals surface area contributed by atoms with Gasteiger partial charge in [0.15, 0.2) is 16.0 Å². The highest BCUT2D eigenvalue weighted by molar-refractivity contribution is 6.34. The van der Waals surface area contributed by atoms with Gasteiger partial charge in [0, 0.05) is 0 Å². The van der Waals surface area contributed by atoms with E-state index in [0.29, 0.717) is 0 Å². The molecule has 1 amide bonds. The first-order valence-corrected chi connectivity index (χ1v) is 4.74. The molecular formula is C8H9Cl2N3O2. The van der Waals surface area contributed by atoms with E-state index in [-0.39, 0.29) is 21.7 Å². The number of primary amides is 1. The molecule has 0 aromatic carbocycles. The lowest BCUT2D eigenvalue weighted by Gasteiger charge is -2.17. The molecule has 0 aliphatic rings. The van der Waals surface area contributed by atoms with E-state index in [1.165, 1.54) is 13.8 Å². The lowest BCUT2D eigenvalue weighted by atomic mass is 10.1. The maximum Gasteiger partial charge on any atom is 0.270 e. The molecule has 5 nitrogen and oxygen atoms in total. The fourth-order valence-corrected chi connectivity index (χ4v) is 1.56. The van der Waals surface area contributed by atoms with Crippen LogP contribution in [0.15, 0.2) is 0 Å². The Hall–Kier alpha value is -0.910. The van der Waals surface area contributed by atoms with Crippen molar-refractivity contribution in [2.24, 2.45) is 5.73 Å². The zero-order valence-corrected chi connectivity index (χ0v) is 9.60. The Morgan fingerprint density at radius 1 is 1.33 bits per heavy atom. The molecule has 1 aromatic rings. The normalized spacial score (nSPS) is 11.5. The number of carbonyl (C=O) groups excluding carboxylic acids is 1. The standard InChI is InChI=1S/C8H9Cl2N3O2/c1-8(2,15)4-6(10)13-5(9)3(12-4)7(11)14/h15H,1-2H3,(H2,11,14). The molecule has 0 aliphatic heterocycles. The van der Waals surface area contributed by atoms with Gasteiger partial charge in [-0.3, -0.25) is 4.79 Å². The van der Waals surface area contributed by atoms with Gasteiger partial charge in [0.2, 0.25) is 0 Å². The largest absolute Gasteiger partial charge is 0.384 e. The third kappa shape index (κ3) is 2.56. The third-order valence-corrected chi connectivity index (χ3v) is 2.15. The van der Waals surface area contributed by atoms with Gasteiger partial charge in [0.05, 0.1) is 0 Å². The molecule has 0 fully saturated rings. The predicted octanol–water partition coefficient (Wildman–Crippen LogP) is 1.11. The summed E-state index contributed by atoms with van der Waals surface area (Å²) in [6.07, 6.45) is 0. The molecule has 1 rings (SSSR count). The zero-order chi connectivity index (χ0) is 11.8. The molecule has 0 unspecified atom stereocenters. The van der Waals surface area contributed by atoms with Gasteiger partial charge in [0.25, 0.3) is 5.91 Å². The average molecular weight is 250 g/mol. The Morgan fingerprint density at radius 2 is 1.87 bits per heavy atom. The van der Waals surface area contributed by atoms with Crippen molar-refractivity contribution >= 4 is 29.1 Å². The van der Waals surface area contributed by atoms with E-state index in [2.05, 4.69) is 9.97 Å². The van der Waals surface area contributed by atoms with Crippen LogP contribution in [0.2, 0.25) is 10.3 Å². The van der Waals surface area contributed by atoms with E-state index in [9.17, 15) is 9.90 Å². The van der Waals surface area contributed by atoms with Gasteiger partial charge in [-0.15, -0.1) is 0 Å². The summed E-state index contributed by atoms with van der Waals surface area (Å²) in [4.78, 5) is 18.4. The van der Waals surface area contributed by atoms with E-state index in [1.54, 1.807) is 0 Å². The molecule has 0 atom stereocenters. The Balaban J connectivity index is 3.43. The SMILES string of the molecule is CC(C)(O)c1nc(C(N)=O)c(Cl)nc1Cl. The van der Waals surface area contributed by atoms with E-state index in [0.717, 1.165) is 0 Å². The summed E-state index contributed by atoms with van der Waals surface area (Å²) in [6, 6.07) is 0. The highest BCUT2D eigenvalue weighted by Gasteiger charge is 2.25. The van der Waals surface area contributed by atoms with Crippen LogP contribution in [0.1, 0.15) is 30.0 Å². The van der Waals surface area contributed by atoms with Crippen LogP contribution in [-0.2, 0) is 5.60 Å². The highest BCUT2D eigenvalue weighted by Crippen LogP contribution is 2.26. The van der Waals surface area contributed by atoms with Crippen LogP contribution in [0.4, 0.5) is 0 Å². The van der Waals surface area contributed by atoms with Gasteiger partial charge in [-0.25, -0.2) is 9.97 Å². The maximum atomic E-state index is 10.9. The van der Waals surface area contributed by atoms with Crippen molar-refractivity contribution < 1.29 is 9.90 Å². The molecule has 0 aliphatic carbocycles. The number of rotatable bonds is 2. The van der Waals surface area contributed by atoms with Gasteiger partial charge in [-0.1, -0.05) is 23.2 Å². The Labute approximate surface area is 96.2 Å². The van der Waals surface area contributed by atoms with E-state index < -0.39 is 11.5 Å². The molecule has 82 valence electrons. The number of nitrogens with zero attached hydrogens (tertiary/aromatic N) is 2. The second kappa shape index (κ2) is 3.92. The van der Waals surface area contributed by atoms with Crippen molar-refractivity contribution in [2.75, 3.05) is 0 Å². The number of halogens is 2. The lowest BCUT2D eigenvalue weighted by Crippen LogP contribution is -2.23. The summed E-state index contributed by atoms with van der Waals surface area (Å²) in [5.41, 5.74) is 3.55. The van der Waals surface area contributed by atoms with Gasteiger partial charge in [-0.2, -0.15) is 0 Å². The molecule has 1 aromatic heterocycles. The molecule has 7 heteroatoms. The number of aliphatic hydroxyl groups is 1. The molecule has 0 radical (unpaired) electrons. The molecule has 0 spiro atoms. The topological polar surface area (TPSA) is 89.1 Å². The summed E-state index contributed by atoms with van der Waals surface area (Å²) < 4.78 is 0. The summed E-state index contributed by atoms with van der Waals surface area (Å²) >= 11 is 11.3. The van der Waals surface area contributed by atoms with Crippen LogP contribution >= 0.6 is 23.2 Å². The lowest BCUT2D eigenvalue weighted by molar-refractivity contribution is 0.0731. The van der Waals surface area contributed by atoms with Gasteiger partial charge >= 0.3 is 0 Å². The molecule has 0 saturated carbocycles. The number of nitrogens with two attached hydrogens (primary N) is 1. The van der Waals surface area contributed by atoms with Gasteiger partial charge in [-0.05, 0) is 13.8 Å². The van der Waals surface area contributed by atoms with E-state index in [4.69, 9.17) is 28.9 Å². The number of hydrogen-bond acceptors (Lipinski definition) is 4. The van der Waals surface area contributed by atoms with Crippen molar-refractivity contribution in [3.8, 4) is 0 Å². The fourth-order valence-electron chi connectivity index (χ4n) is 0.942. The van der Waals surface area contributed by atoms with Gasteiger partial charge < -0.3 is 10.8 Å². The first-order chi connectivity index (χ1) is 6.73. The van der Waals surface area contributed by atoms with E-state index >= 15 is 0 Å². The van der Waals surface area contributed by atoms with Crippen LogP contribution in [0.5, 0.6) is 0 Å². The first kappa shape index (κ1) is 12.2. The number of carbonyl (C=O) groups is 1. The monoisotopic (exact) mass is 249 g/mol. The highest BCUT2D eigenvalue weighted by atomic mass is 35.5. The fraction of sp³-hybridized carbons (Fsp3) is 0.375. The zero-order valence-electron chi connectivity index (χ0n) is 8.08. The van der Waals surface area contributed by atoms with E-state index in [1.807, 2.05) is 0 Å². The van der Waals surface area contributed by atoms with Crippen molar-refractivity contribution in [1.82, 2.24) is 9.97 Å². The van der Waals surface area contributed by atoms with Crippen LogP contribution in [0, 0.1) is 0 Å². The van der Waals surface area contributed by atoms with Crippen LogP contribution in [-0.4, -0.2) is 21.0 Å². The molecule has 0 bridgehead atoms. The second-order valence-electron chi connectivity index (χ2n) is 3.43. The van der Waals surface area contributed by atoms with Crippen molar-refractivity contribution in [3.63, 3.8) is 0 Å². The Morgan fingerprint density at radius 3 is 2.27 bits per heavy atom. The Bertz CT molecular complexity index is 415. The smallest absolute Gasteiger partial charge is 0.270 e. The quantitative estimate of drug-likeness (QED) is 0.822. The minimum Gasteiger partial charge on any atom is -0.384 e. The summed E-state index contributed by atoms with van der Waals surface area (Å²) in [7, 11) is 0. The molecule has 1 heterocycles. The summed E-state index contributed by atoms with van der Waals surface area (Å²) in [5, 5.41) is 9.45. The second-order valence-corrected chi connectivity index (χ2v) is 4.14. The maximum absolute atomic E-state index is 10.9. The molecule has 15 heavy (non-hydrogen) atoms. The summed E-state index contributed by atoms with van der Waals surface area (Å²) in [6.45, 7) is 2.92. The van der Waals surface area contributed by atoms with Crippen molar-refractivity contribution in [3.05, 3.63) is 21.7 Å². The van der Waals surface area contributed by atoms with Crippen LogP contribution < -0.4 is 5.73 Å². The molecule has 0 saturated heterocycles. The first-order valence-electron chi connectivity index (χ1n) is 3.99. The number of aromatic nitrogens is 2.